The third-order valence-electron chi connectivity index (χ3n) is 7.67. The van der Waals surface area contributed by atoms with Crippen LogP contribution in [-0.2, 0) is 29.2 Å². The summed E-state index contributed by atoms with van der Waals surface area (Å²) in [4.78, 5) is 54.9. The average Bonchev–Trinajstić information content (AvgIpc) is 2.95. The van der Waals surface area contributed by atoms with Crippen LogP contribution in [0.15, 0.2) is 42.2 Å². The first-order valence-electron chi connectivity index (χ1n) is 15.1. The predicted molar refractivity (Wildman–Crippen MR) is 171 cm³/mol. The van der Waals surface area contributed by atoms with E-state index in [1.165, 1.54) is 12.2 Å². The summed E-state index contributed by atoms with van der Waals surface area (Å²) in [6.45, 7) is 11.5. The van der Waals surface area contributed by atoms with Gasteiger partial charge in [0.25, 0.3) is 21.9 Å². The zero-order valence-corrected chi connectivity index (χ0v) is 27.4. The minimum absolute atomic E-state index is 0.0519. The Labute approximate surface area is 264 Å². The van der Waals surface area contributed by atoms with E-state index in [2.05, 4.69) is 39.5 Å². The Kier molecular flexibility index (Phi) is 11.7. The van der Waals surface area contributed by atoms with Crippen molar-refractivity contribution in [3.8, 4) is 0 Å². The Morgan fingerprint density at radius 1 is 0.933 bits per heavy atom. The fourth-order valence-electron chi connectivity index (χ4n) is 5.24. The lowest BCUT2D eigenvalue weighted by molar-refractivity contribution is -0.138. The van der Waals surface area contributed by atoms with E-state index >= 15 is 0 Å². The molecule has 1 saturated heterocycles. The number of carbonyl (C=O) groups excluding carboxylic acids is 3. The number of rotatable bonds is 14. The van der Waals surface area contributed by atoms with Gasteiger partial charge in [0, 0.05) is 49.4 Å². The second kappa shape index (κ2) is 14.9. The van der Waals surface area contributed by atoms with Crippen molar-refractivity contribution in [2.24, 2.45) is 5.41 Å². The number of amides is 4. The number of unbranched alkanes of at least 4 members (excludes halogenated alkanes) is 2. The van der Waals surface area contributed by atoms with E-state index in [4.69, 9.17) is 14.4 Å². The van der Waals surface area contributed by atoms with Crippen LogP contribution in [0.2, 0.25) is 0 Å². The number of allylic oxidation sites excluding steroid dienone is 3. The van der Waals surface area contributed by atoms with Crippen LogP contribution in [0.1, 0.15) is 77.8 Å². The van der Waals surface area contributed by atoms with Crippen molar-refractivity contribution in [1.29, 1.82) is 0 Å². The van der Waals surface area contributed by atoms with Crippen LogP contribution in [0, 0.1) is 5.41 Å². The number of carboxylic acid groups (broad SMARTS) is 1. The number of carboxylic acids is 1. The molecule has 0 radical (unpaired) electrons. The number of urea groups is 1. The summed E-state index contributed by atoms with van der Waals surface area (Å²) < 4.78 is 37.7. The Morgan fingerprint density at radius 2 is 1.56 bits per heavy atom. The Balaban J connectivity index is 2.02. The number of hydrogen-bond donors (Lipinski definition) is 2. The molecule has 0 aromatic heterocycles. The molecule has 4 amide bonds. The highest BCUT2D eigenvalue weighted by Gasteiger charge is 2.41. The molecule has 45 heavy (non-hydrogen) atoms. The van der Waals surface area contributed by atoms with Crippen LogP contribution < -0.4 is 4.90 Å². The van der Waals surface area contributed by atoms with Gasteiger partial charge in [-0.15, -0.1) is 0 Å². The summed E-state index contributed by atoms with van der Waals surface area (Å²) in [6.07, 6.45) is 5.31. The zero-order valence-electron chi connectivity index (χ0n) is 26.5. The molecule has 2 aliphatic heterocycles. The molecule has 0 aliphatic carbocycles. The lowest BCUT2D eigenvalue weighted by Gasteiger charge is -2.34. The molecule has 1 fully saturated rings. The van der Waals surface area contributed by atoms with E-state index in [0.717, 1.165) is 45.3 Å². The molecule has 12 nitrogen and oxygen atoms in total. The maximum Gasteiger partial charge on any atom is 0.333 e. The maximum absolute atomic E-state index is 13.5. The number of hydrogen-bond acceptors (Lipinski definition) is 8. The maximum atomic E-state index is 13.5. The molecule has 2 heterocycles. The quantitative estimate of drug-likeness (QED) is 0.123. The van der Waals surface area contributed by atoms with E-state index in [9.17, 15) is 27.6 Å². The first-order valence-corrected chi connectivity index (χ1v) is 16.7. The molecule has 2 N–H and O–H groups in total. The van der Waals surface area contributed by atoms with Crippen molar-refractivity contribution >= 4 is 51.0 Å². The van der Waals surface area contributed by atoms with E-state index in [1.54, 1.807) is 6.26 Å². The van der Waals surface area contributed by atoms with Crippen molar-refractivity contribution in [3.63, 3.8) is 0 Å². The van der Waals surface area contributed by atoms with Crippen LogP contribution >= 0.6 is 0 Å². The third-order valence-corrected chi connectivity index (χ3v) is 8.47. The summed E-state index contributed by atoms with van der Waals surface area (Å²) in [5, 5.41) is 8.88. The largest absolute Gasteiger partial charge is 0.481 e. The lowest BCUT2D eigenvalue weighted by Crippen LogP contribution is -2.56. The van der Waals surface area contributed by atoms with Crippen LogP contribution in [0.5, 0.6) is 0 Å². The molecule has 1 aromatic carbocycles. The van der Waals surface area contributed by atoms with Gasteiger partial charge in [0.1, 0.15) is 11.3 Å². The van der Waals surface area contributed by atoms with E-state index in [0.29, 0.717) is 25.0 Å². The van der Waals surface area contributed by atoms with E-state index in [-0.39, 0.29) is 36.9 Å². The highest BCUT2D eigenvalue weighted by atomic mass is 32.2. The normalized spacial score (nSPS) is 17.5. The second-order valence-corrected chi connectivity index (χ2v) is 13.5. The topological polar surface area (TPSA) is 162 Å². The fourth-order valence-corrected chi connectivity index (χ4v) is 5.74. The van der Waals surface area contributed by atoms with Gasteiger partial charge in [-0.2, -0.15) is 8.42 Å². The minimum Gasteiger partial charge on any atom is -0.481 e. The molecule has 0 saturated carbocycles. The van der Waals surface area contributed by atoms with Crippen LogP contribution in [0.3, 0.4) is 0 Å². The predicted octanol–water partition coefficient (Wildman–Crippen LogP) is 4.93. The molecule has 0 atom stereocenters. The van der Waals surface area contributed by atoms with E-state index in [1.807, 2.05) is 18.2 Å². The van der Waals surface area contributed by atoms with Crippen molar-refractivity contribution in [2.75, 3.05) is 36.8 Å². The molecule has 2 aliphatic rings. The van der Waals surface area contributed by atoms with Crippen LogP contribution in [0.4, 0.5) is 10.5 Å². The minimum atomic E-state index is -4.33. The molecule has 0 spiro atoms. The number of barbiturate groups is 1. The number of fused-ring (bicyclic) bond motifs is 1. The van der Waals surface area contributed by atoms with Gasteiger partial charge < -0.3 is 14.7 Å². The molecule has 1 aromatic rings. The number of aliphatic carboxylic acids is 1. The number of imide groups is 2. The average molecular weight is 646 g/mol. The number of anilines is 1. The number of benzene rings is 1. The lowest BCUT2D eigenvalue weighted by atomic mass is 9.80. The first kappa shape index (κ1) is 35.5. The van der Waals surface area contributed by atoms with E-state index < -0.39 is 39.7 Å². The molecule has 246 valence electrons. The van der Waals surface area contributed by atoms with Crippen LogP contribution in [0.25, 0.3) is 11.3 Å². The molecule has 0 bridgehead atoms. The van der Waals surface area contributed by atoms with Gasteiger partial charge in [-0.1, -0.05) is 33.3 Å². The van der Waals surface area contributed by atoms with Gasteiger partial charge in [-0.05, 0) is 68.4 Å². The highest BCUT2D eigenvalue weighted by molar-refractivity contribution is 7.85. The molecule has 13 heteroatoms. The third kappa shape index (κ3) is 9.04. The van der Waals surface area contributed by atoms with Crippen molar-refractivity contribution in [1.82, 2.24) is 9.80 Å². The summed E-state index contributed by atoms with van der Waals surface area (Å²) in [7, 11) is -4.33. The SMILES string of the molecule is CCN(CC)c1ccc2c(c1)C(=CC=C1C(=O)N(CCCCCC(=O)O)C(=O)N(CCCS(=O)(=O)O)C1=O)OC=C2C(C)(C)C. The smallest absolute Gasteiger partial charge is 0.333 e. The summed E-state index contributed by atoms with van der Waals surface area (Å²) in [5.74, 6) is -2.93. The summed E-state index contributed by atoms with van der Waals surface area (Å²) >= 11 is 0. The number of ether oxygens (including phenoxy) is 1. The molecular formula is C32H43N3O9S. The van der Waals surface area contributed by atoms with Crippen molar-refractivity contribution in [2.45, 2.75) is 66.7 Å². The highest BCUT2D eigenvalue weighted by Crippen LogP contribution is 2.43. The van der Waals surface area contributed by atoms with Gasteiger partial charge in [0.15, 0.2) is 0 Å². The summed E-state index contributed by atoms with van der Waals surface area (Å²) in [6, 6.07) is 5.18. The molecular weight excluding hydrogens is 602 g/mol. The molecule has 3 rings (SSSR count). The van der Waals surface area contributed by atoms with Crippen molar-refractivity contribution < 1.29 is 42.0 Å². The molecule has 0 unspecified atom stereocenters. The Hall–Kier alpha value is -3.97. The van der Waals surface area contributed by atoms with Gasteiger partial charge in [0.2, 0.25) is 0 Å². The number of nitrogens with zero attached hydrogens (tertiary/aromatic N) is 3. The first-order chi connectivity index (χ1) is 21.1. The van der Waals surface area contributed by atoms with Crippen LogP contribution in [-0.4, -0.2) is 83.6 Å². The zero-order chi connectivity index (χ0) is 33.5. The van der Waals surface area contributed by atoms with Gasteiger partial charge >= 0.3 is 12.0 Å². The Bertz CT molecular complexity index is 1520. The van der Waals surface area contributed by atoms with Crippen molar-refractivity contribution in [3.05, 3.63) is 53.3 Å². The standard InChI is InChI=1S/C32H43N3O9S/c1-6-33(7-2)22-13-14-23-25(20-22)27(44-21-26(23)32(3,4)5)16-15-24-29(38)34(17-10-8-9-12-28(36)37)31(40)35(30(24)39)18-11-19-45(41,42)43/h13-16,20-21H,6-12,17-19H2,1-5H3,(H,36,37)(H,41,42,43). The van der Waals surface area contributed by atoms with Gasteiger partial charge in [-0.3, -0.25) is 28.7 Å². The van der Waals surface area contributed by atoms with Gasteiger partial charge in [-0.25, -0.2) is 4.79 Å². The fraction of sp³-hybridized carbons (Fsp3) is 0.500. The monoisotopic (exact) mass is 645 g/mol. The number of carbonyl (C=O) groups is 4. The second-order valence-electron chi connectivity index (χ2n) is 12.0. The Morgan fingerprint density at radius 3 is 2.11 bits per heavy atom. The summed E-state index contributed by atoms with van der Waals surface area (Å²) in [5.41, 5.74) is 3.12. The van der Waals surface area contributed by atoms with Gasteiger partial charge in [0.05, 0.1) is 12.0 Å².